The van der Waals surface area contributed by atoms with Crippen LogP contribution in [-0.4, -0.2) is 27.5 Å². The minimum atomic E-state index is -1.68. The van der Waals surface area contributed by atoms with Crippen LogP contribution in [0, 0.1) is 0 Å². The average molecular weight is 567 g/mol. The van der Waals surface area contributed by atoms with Gasteiger partial charge in [0.2, 0.25) is 0 Å². The number of benzene rings is 3. The van der Waals surface area contributed by atoms with Gasteiger partial charge in [0.1, 0.15) is 41.2 Å². The number of hydrogen-bond donors (Lipinski definition) is 3. The van der Waals surface area contributed by atoms with Crippen molar-refractivity contribution in [2.75, 3.05) is 0 Å². The zero-order valence-electron chi connectivity index (χ0n) is 22.7. The number of aryl methyl sites for hydroxylation is 4. The maximum Gasteiger partial charge on any atom is 0.193 e. The summed E-state index contributed by atoms with van der Waals surface area (Å²) in [5, 5.41) is 32.3. The summed E-state index contributed by atoms with van der Waals surface area (Å²) < 4.78 is 18.1. The Balaban J connectivity index is 1.28. The molecule has 0 saturated carbocycles. The molecule has 0 bridgehead atoms. The molecule has 3 aromatic carbocycles. The topological polar surface area (TPSA) is 130 Å². The fourth-order valence-electron chi connectivity index (χ4n) is 5.36. The van der Waals surface area contributed by atoms with Gasteiger partial charge in [-0.2, -0.15) is 0 Å². The van der Waals surface area contributed by atoms with E-state index in [-0.39, 0.29) is 27.9 Å². The maximum atomic E-state index is 13.0. The Kier molecular flexibility index (Phi) is 7.75. The monoisotopic (exact) mass is 566 g/mol. The third kappa shape index (κ3) is 5.65. The van der Waals surface area contributed by atoms with Gasteiger partial charge in [-0.3, -0.25) is 9.59 Å². The van der Waals surface area contributed by atoms with Crippen molar-refractivity contribution in [1.29, 1.82) is 0 Å². The second-order valence-corrected chi connectivity index (χ2v) is 10.5. The van der Waals surface area contributed by atoms with Gasteiger partial charge in [0.15, 0.2) is 22.7 Å². The lowest BCUT2D eigenvalue weighted by molar-refractivity contribution is -0.121. The molecule has 0 spiro atoms. The van der Waals surface area contributed by atoms with Gasteiger partial charge >= 0.3 is 0 Å². The molecule has 0 radical (unpaired) electrons. The predicted octanol–water partition coefficient (Wildman–Crippen LogP) is 4.21. The summed E-state index contributed by atoms with van der Waals surface area (Å²) >= 11 is 0. The molecule has 0 fully saturated rings. The number of hydrogen-bond acceptors (Lipinski definition) is 8. The average Bonchev–Trinajstić information content (AvgIpc) is 3.01. The molecule has 8 nitrogen and oxygen atoms in total. The van der Waals surface area contributed by atoms with Crippen molar-refractivity contribution >= 4 is 11.0 Å². The minimum absolute atomic E-state index is 0.0562. The Morgan fingerprint density at radius 1 is 0.643 bits per heavy atom. The highest BCUT2D eigenvalue weighted by molar-refractivity contribution is 5.78. The van der Waals surface area contributed by atoms with Gasteiger partial charge in [0.05, 0.1) is 10.9 Å². The normalized spacial score (nSPS) is 19.9. The van der Waals surface area contributed by atoms with E-state index >= 15 is 0 Å². The SMILES string of the molecule is O=c1cc(CCc2ccccc2)oc2c1[C@@H](O)[C@@H](O)[C@@H](O)[C@@H]2Oc1ccc2oc(CCc3ccccc3)cc(=O)c2c1. The second kappa shape index (κ2) is 11.8. The first-order valence-electron chi connectivity index (χ1n) is 13.9. The molecule has 0 aliphatic heterocycles. The quantitative estimate of drug-likeness (QED) is 0.255. The molecule has 42 heavy (non-hydrogen) atoms. The summed E-state index contributed by atoms with van der Waals surface area (Å²) in [7, 11) is 0. The van der Waals surface area contributed by atoms with Crippen molar-refractivity contribution in [3.8, 4) is 5.75 Å². The van der Waals surface area contributed by atoms with Crippen LogP contribution in [0.1, 0.15) is 46.2 Å². The van der Waals surface area contributed by atoms with E-state index in [0.29, 0.717) is 36.4 Å². The summed E-state index contributed by atoms with van der Waals surface area (Å²) in [5.41, 5.74) is 1.64. The molecule has 6 rings (SSSR count). The summed E-state index contributed by atoms with van der Waals surface area (Å²) in [5.74, 6) is 1.06. The van der Waals surface area contributed by atoms with Crippen LogP contribution in [0.25, 0.3) is 11.0 Å². The maximum absolute atomic E-state index is 13.0. The number of rotatable bonds is 8. The molecule has 0 saturated heterocycles. The molecule has 8 heteroatoms. The Morgan fingerprint density at radius 2 is 1.24 bits per heavy atom. The molecule has 0 amide bonds. The van der Waals surface area contributed by atoms with Gasteiger partial charge in [-0.25, -0.2) is 0 Å². The van der Waals surface area contributed by atoms with E-state index in [0.717, 1.165) is 17.5 Å². The highest BCUT2D eigenvalue weighted by Crippen LogP contribution is 2.39. The predicted molar refractivity (Wildman–Crippen MR) is 156 cm³/mol. The second-order valence-electron chi connectivity index (χ2n) is 10.5. The molecule has 214 valence electrons. The Morgan fingerprint density at radius 3 is 1.88 bits per heavy atom. The highest BCUT2D eigenvalue weighted by Gasteiger charge is 2.45. The fourth-order valence-corrected chi connectivity index (χ4v) is 5.36. The highest BCUT2D eigenvalue weighted by atomic mass is 16.5. The first-order chi connectivity index (χ1) is 20.4. The van der Waals surface area contributed by atoms with Crippen LogP contribution in [0.3, 0.4) is 0 Å². The van der Waals surface area contributed by atoms with Crippen molar-refractivity contribution < 1.29 is 28.9 Å². The smallest absolute Gasteiger partial charge is 0.193 e. The van der Waals surface area contributed by atoms with Crippen molar-refractivity contribution in [2.45, 2.75) is 50.1 Å². The molecule has 1 aliphatic carbocycles. The summed E-state index contributed by atoms with van der Waals surface area (Å²) in [4.78, 5) is 26.0. The summed E-state index contributed by atoms with van der Waals surface area (Å²) in [6, 6.07) is 27.0. The molecule has 2 aromatic heterocycles. The van der Waals surface area contributed by atoms with Crippen LogP contribution in [0.2, 0.25) is 0 Å². The Labute approximate surface area is 241 Å². The molecule has 0 unspecified atom stereocenters. The first-order valence-corrected chi connectivity index (χ1v) is 13.9. The van der Waals surface area contributed by atoms with E-state index in [1.807, 2.05) is 60.7 Å². The van der Waals surface area contributed by atoms with E-state index in [9.17, 15) is 24.9 Å². The van der Waals surface area contributed by atoms with Crippen LogP contribution in [0.4, 0.5) is 0 Å². The first kappa shape index (κ1) is 27.7. The van der Waals surface area contributed by atoms with E-state index in [2.05, 4.69) is 0 Å². The molecular weight excluding hydrogens is 536 g/mol. The van der Waals surface area contributed by atoms with Gasteiger partial charge < -0.3 is 28.9 Å². The van der Waals surface area contributed by atoms with E-state index < -0.39 is 29.8 Å². The third-order valence-corrected chi connectivity index (χ3v) is 7.62. The lowest BCUT2D eigenvalue weighted by atomic mass is 9.87. The molecule has 1 aliphatic rings. The largest absolute Gasteiger partial charge is 0.480 e. The zero-order chi connectivity index (χ0) is 29.2. The van der Waals surface area contributed by atoms with Gasteiger partial charge in [-0.15, -0.1) is 0 Å². The molecule has 2 heterocycles. The summed E-state index contributed by atoms with van der Waals surface area (Å²) in [6.07, 6.45) is -3.95. The number of aliphatic hydroxyl groups is 3. The minimum Gasteiger partial charge on any atom is -0.480 e. The Bertz CT molecular complexity index is 1810. The van der Waals surface area contributed by atoms with Gasteiger partial charge in [0.25, 0.3) is 0 Å². The number of aliphatic hydroxyl groups excluding tert-OH is 3. The molecule has 3 N–H and O–H groups in total. The molecular formula is C34H30O8. The van der Waals surface area contributed by atoms with E-state index in [1.165, 1.54) is 18.2 Å². The molecule has 5 aromatic rings. The van der Waals surface area contributed by atoms with Gasteiger partial charge in [0, 0.05) is 25.0 Å². The standard InChI is InChI=1S/C34H30O8/c35-26-18-23(13-11-20-7-3-1-4-8-20)40-28-16-15-22(17-25(26)28)42-34-32(39)31(38)30(37)29-27(36)19-24(41-33(29)34)14-12-21-9-5-2-6-10-21/h1-10,15-19,30-32,34,37-39H,11-14H2/t30-,31-,32-,34+/m1/s1. The summed E-state index contributed by atoms with van der Waals surface area (Å²) in [6.45, 7) is 0. The van der Waals surface area contributed by atoms with Crippen molar-refractivity contribution in [2.24, 2.45) is 0 Å². The van der Waals surface area contributed by atoms with Gasteiger partial charge in [-0.05, 0) is 42.2 Å². The number of fused-ring (bicyclic) bond motifs is 2. The molecule has 4 atom stereocenters. The lowest BCUT2D eigenvalue weighted by Crippen LogP contribution is -2.45. The van der Waals surface area contributed by atoms with Crippen LogP contribution in [0.15, 0.2) is 109 Å². The fraction of sp³-hybridized carbons (Fsp3) is 0.235. The van der Waals surface area contributed by atoms with E-state index in [1.54, 1.807) is 12.1 Å². The van der Waals surface area contributed by atoms with Crippen molar-refractivity contribution in [1.82, 2.24) is 0 Å². The van der Waals surface area contributed by atoms with Crippen molar-refractivity contribution in [3.05, 3.63) is 145 Å². The lowest BCUT2D eigenvalue weighted by Gasteiger charge is -2.35. The van der Waals surface area contributed by atoms with Crippen LogP contribution in [-0.2, 0) is 25.7 Å². The van der Waals surface area contributed by atoms with Crippen LogP contribution >= 0.6 is 0 Å². The van der Waals surface area contributed by atoms with Gasteiger partial charge in [-0.1, -0.05) is 60.7 Å². The van der Waals surface area contributed by atoms with Crippen LogP contribution in [0.5, 0.6) is 5.75 Å². The zero-order valence-corrected chi connectivity index (χ0v) is 22.7. The van der Waals surface area contributed by atoms with Crippen molar-refractivity contribution in [3.63, 3.8) is 0 Å². The van der Waals surface area contributed by atoms with Crippen LogP contribution < -0.4 is 15.6 Å². The number of ether oxygens (including phenoxy) is 1. The third-order valence-electron chi connectivity index (χ3n) is 7.62. The van der Waals surface area contributed by atoms with E-state index in [4.69, 9.17) is 13.6 Å². The Hall–Kier alpha value is -4.50.